The molecule has 1 aliphatic carbocycles. The summed E-state index contributed by atoms with van der Waals surface area (Å²) in [7, 11) is -3.51. The van der Waals surface area contributed by atoms with Crippen LogP contribution in [0.5, 0.6) is 5.75 Å². The van der Waals surface area contributed by atoms with E-state index in [1.54, 1.807) is 18.2 Å². The molecular weight excluding hydrogens is 619 g/mol. The number of morpholine rings is 1. The monoisotopic (exact) mass is 655 g/mol. The number of nitrogens with one attached hydrogen (secondary N) is 2. The van der Waals surface area contributed by atoms with Gasteiger partial charge in [0.25, 0.3) is 0 Å². The highest BCUT2D eigenvalue weighted by atomic mass is 32.2. The first-order valence-corrected chi connectivity index (χ1v) is 17.3. The van der Waals surface area contributed by atoms with Gasteiger partial charge in [0.2, 0.25) is 0 Å². The third-order valence-corrected chi connectivity index (χ3v) is 10.0. The normalized spacial score (nSPS) is 23.1. The lowest BCUT2D eigenvalue weighted by Crippen LogP contribution is -2.60. The van der Waals surface area contributed by atoms with Gasteiger partial charge in [0.05, 0.1) is 40.5 Å². The summed E-state index contributed by atoms with van der Waals surface area (Å²) >= 11 is 0. The smallest absolute Gasteiger partial charge is 0.406 e. The van der Waals surface area contributed by atoms with Crippen LogP contribution >= 0.6 is 0 Å². The SMILES string of the molecule is CS(=O)(=O)c1ccc(NCC#Cc2cc3c(NC4CCC(N5CC6C[C@@H](C5)O6)CC4)cccc3n2CC(F)(F)F)c(OCC#N)c1. The van der Waals surface area contributed by atoms with Crippen LogP contribution < -0.4 is 15.4 Å². The number of fused-ring (bicyclic) bond motifs is 3. The number of anilines is 2. The second-order valence-electron chi connectivity index (χ2n) is 12.2. The summed E-state index contributed by atoms with van der Waals surface area (Å²) in [5.41, 5.74) is 1.87. The number of hydrogen-bond acceptors (Lipinski definition) is 8. The highest BCUT2D eigenvalue weighted by Crippen LogP contribution is 2.35. The maximum absolute atomic E-state index is 13.7. The second kappa shape index (κ2) is 13.1. The minimum absolute atomic E-state index is 0.0274. The third-order valence-electron chi connectivity index (χ3n) is 8.90. The zero-order valence-corrected chi connectivity index (χ0v) is 26.3. The van der Waals surface area contributed by atoms with E-state index in [4.69, 9.17) is 14.7 Å². The van der Waals surface area contributed by atoms with Crippen LogP contribution in [0.1, 0.15) is 37.8 Å². The molecule has 7 rings (SSSR count). The van der Waals surface area contributed by atoms with Crippen LogP contribution in [0.2, 0.25) is 0 Å². The van der Waals surface area contributed by atoms with Crippen molar-refractivity contribution in [2.24, 2.45) is 0 Å². The number of hydrogen-bond donors (Lipinski definition) is 2. The van der Waals surface area contributed by atoms with E-state index in [0.717, 1.165) is 50.7 Å². The lowest BCUT2D eigenvalue weighted by atomic mass is 9.87. The van der Waals surface area contributed by atoms with E-state index < -0.39 is 22.6 Å². The van der Waals surface area contributed by atoms with Gasteiger partial charge in [-0.15, -0.1) is 0 Å². The number of benzene rings is 2. The van der Waals surface area contributed by atoms with Gasteiger partial charge >= 0.3 is 6.18 Å². The Hall–Kier alpha value is -3.91. The van der Waals surface area contributed by atoms with Gasteiger partial charge in [0.15, 0.2) is 16.4 Å². The topological polar surface area (TPSA) is 109 Å². The molecule has 3 aliphatic heterocycles. The summed E-state index contributed by atoms with van der Waals surface area (Å²) in [5.74, 6) is 5.93. The van der Waals surface area contributed by atoms with Crippen molar-refractivity contribution in [3.05, 3.63) is 48.2 Å². The van der Waals surface area contributed by atoms with Crippen molar-refractivity contribution in [1.29, 1.82) is 5.26 Å². The predicted octanol–water partition coefficient (Wildman–Crippen LogP) is 5.17. The molecule has 1 saturated carbocycles. The zero-order chi connectivity index (χ0) is 32.5. The summed E-state index contributed by atoms with van der Waals surface area (Å²) in [4.78, 5) is 2.60. The first-order valence-electron chi connectivity index (χ1n) is 15.4. The molecule has 2 atom stereocenters. The van der Waals surface area contributed by atoms with Gasteiger partial charge in [-0.3, -0.25) is 4.90 Å². The van der Waals surface area contributed by atoms with Gasteiger partial charge < -0.3 is 24.7 Å². The van der Waals surface area contributed by atoms with Crippen LogP contribution in [0, 0.1) is 23.2 Å². The fourth-order valence-corrected chi connectivity index (χ4v) is 7.37. The Kier molecular flexibility index (Phi) is 9.10. The van der Waals surface area contributed by atoms with Crippen molar-refractivity contribution in [3.8, 4) is 23.7 Å². The molecular formula is C33H36F3N5O4S. The van der Waals surface area contributed by atoms with Crippen molar-refractivity contribution < 1.29 is 31.1 Å². The van der Waals surface area contributed by atoms with Crippen molar-refractivity contribution in [2.75, 3.05) is 43.1 Å². The summed E-state index contributed by atoms with van der Waals surface area (Å²) in [6, 6.07) is 13.9. The molecule has 3 aromatic rings. The number of halogens is 3. The summed E-state index contributed by atoms with van der Waals surface area (Å²) in [6.45, 7) is 0.584. The van der Waals surface area contributed by atoms with Crippen LogP contribution in [0.25, 0.3) is 10.9 Å². The molecule has 4 aliphatic rings. The molecule has 2 N–H and O–H groups in total. The zero-order valence-electron chi connectivity index (χ0n) is 25.4. The molecule has 2 aromatic carbocycles. The number of aromatic nitrogens is 1. The van der Waals surface area contributed by atoms with Crippen LogP contribution in [-0.2, 0) is 21.1 Å². The lowest BCUT2D eigenvalue weighted by molar-refractivity contribution is -0.189. The summed E-state index contributed by atoms with van der Waals surface area (Å²) in [6.07, 6.45) is 2.69. The third kappa shape index (κ3) is 7.38. The van der Waals surface area contributed by atoms with Gasteiger partial charge in [-0.1, -0.05) is 12.0 Å². The fourth-order valence-electron chi connectivity index (χ4n) is 6.74. The second-order valence-corrected chi connectivity index (χ2v) is 14.2. The summed E-state index contributed by atoms with van der Waals surface area (Å²) < 4.78 is 77.4. The van der Waals surface area contributed by atoms with Gasteiger partial charge in [-0.2, -0.15) is 18.4 Å². The maximum Gasteiger partial charge on any atom is 0.406 e. The average molecular weight is 656 g/mol. The Bertz CT molecular complexity index is 1780. The molecule has 3 saturated heterocycles. The largest absolute Gasteiger partial charge is 0.477 e. The van der Waals surface area contributed by atoms with E-state index in [1.807, 2.05) is 12.1 Å². The first-order chi connectivity index (χ1) is 22.0. The number of ether oxygens (including phenoxy) is 2. The Balaban J connectivity index is 1.17. The molecule has 46 heavy (non-hydrogen) atoms. The average Bonchev–Trinajstić information content (AvgIpc) is 3.34. The van der Waals surface area contributed by atoms with Gasteiger partial charge in [0.1, 0.15) is 18.4 Å². The Morgan fingerprint density at radius 3 is 2.48 bits per heavy atom. The molecule has 4 heterocycles. The number of piperidine rings is 1. The van der Waals surface area contributed by atoms with E-state index in [1.165, 1.54) is 29.2 Å². The Morgan fingerprint density at radius 1 is 1.07 bits per heavy atom. The van der Waals surface area contributed by atoms with Gasteiger partial charge in [-0.25, -0.2) is 8.42 Å². The molecule has 9 nitrogen and oxygen atoms in total. The summed E-state index contributed by atoms with van der Waals surface area (Å²) in [5, 5.41) is 16.2. The number of sulfone groups is 1. The van der Waals surface area contributed by atoms with Crippen molar-refractivity contribution in [2.45, 2.75) is 74.0 Å². The lowest BCUT2D eigenvalue weighted by Gasteiger charge is -2.50. The van der Waals surface area contributed by atoms with Crippen molar-refractivity contribution >= 4 is 32.1 Å². The molecule has 2 bridgehead atoms. The predicted molar refractivity (Wildman–Crippen MR) is 169 cm³/mol. The maximum atomic E-state index is 13.7. The number of rotatable bonds is 9. The highest BCUT2D eigenvalue weighted by Gasteiger charge is 2.41. The molecule has 1 unspecified atom stereocenters. The van der Waals surface area contributed by atoms with Crippen LogP contribution in [0.3, 0.4) is 0 Å². The fraction of sp³-hybridized carbons (Fsp3) is 0.485. The van der Waals surface area contributed by atoms with Crippen molar-refractivity contribution in [1.82, 2.24) is 9.47 Å². The number of alkyl halides is 3. The minimum Gasteiger partial charge on any atom is -0.477 e. The molecule has 1 aromatic heterocycles. The van der Waals surface area contributed by atoms with E-state index >= 15 is 0 Å². The molecule has 13 heteroatoms. The molecule has 0 amide bonds. The number of nitriles is 1. The number of nitrogens with zero attached hydrogens (tertiary/aromatic N) is 3. The van der Waals surface area contributed by atoms with E-state index in [-0.39, 0.29) is 35.5 Å². The van der Waals surface area contributed by atoms with Crippen LogP contribution in [0.4, 0.5) is 24.5 Å². The van der Waals surface area contributed by atoms with Crippen molar-refractivity contribution in [3.63, 3.8) is 0 Å². The molecule has 244 valence electrons. The molecule has 0 radical (unpaired) electrons. The van der Waals surface area contributed by atoms with Crippen LogP contribution in [0.15, 0.2) is 47.4 Å². The minimum atomic E-state index is -4.45. The van der Waals surface area contributed by atoms with Gasteiger partial charge in [-0.05, 0) is 61.9 Å². The van der Waals surface area contributed by atoms with E-state index in [0.29, 0.717) is 34.8 Å². The molecule has 4 fully saturated rings. The van der Waals surface area contributed by atoms with Crippen LogP contribution in [-0.4, -0.2) is 80.8 Å². The quantitative estimate of drug-likeness (QED) is 0.304. The Labute approximate surface area is 266 Å². The molecule has 0 spiro atoms. The Morgan fingerprint density at radius 2 is 1.80 bits per heavy atom. The first kappa shape index (κ1) is 32.0. The van der Waals surface area contributed by atoms with Gasteiger partial charge in [0, 0.05) is 55.0 Å². The highest BCUT2D eigenvalue weighted by molar-refractivity contribution is 7.90. The van der Waals surface area contributed by atoms with E-state index in [2.05, 4.69) is 27.4 Å². The van der Waals surface area contributed by atoms with E-state index in [9.17, 15) is 21.6 Å². The standard InChI is InChI=1S/C33H36F3N5O4S/c1-46(42,43)27-11-12-30(32(18-27)44-15-13-37)38-14-3-4-24-16-28-29(5-2-6-31(28)41(24)21-33(34,35)36)39-22-7-9-23(10-8-22)40-19-25-17-26(20-40)45-25/h2,5-6,11-12,16,18,22-23,25-26,38-39H,7-10,14-15,17,19-21H2,1H3/t22?,23?,25-,26?/m0/s1.